The number of aromatic nitrogens is 1. The van der Waals surface area contributed by atoms with Gasteiger partial charge in [-0.2, -0.15) is 5.26 Å². The van der Waals surface area contributed by atoms with Crippen molar-refractivity contribution in [3.8, 4) is 6.07 Å². The third-order valence-corrected chi connectivity index (χ3v) is 4.35. The highest BCUT2D eigenvalue weighted by Crippen LogP contribution is 2.20. The highest BCUT2D eigenvalue weighted by molar-refractivity contribution is 6.03. The average Bonchev–Trinajstić information content (AvgIpc) is 3.28. The second kappa shape index (κ2) is 9.33. The normalized spacial score (nSPS) is 10.2. The second-order valence-corrected chi connectivity index (χ2v) is 6.46. The molecule has 0 aliphatic rings. The number of rotatable bonds is 7. The lowest BCUT2D eigenvalue weighted by Crippen LogP contribution is -2.31. The van der Waals surface area contributed by atoms with Gasteiger partial charge < -0.3 is 14.6 Å². The molecule has 0 unspecified atom stereocenters. The molecule has 0 aliphatic heterocycles. The lowest BCUT2D eigenvalue weighted by molar-refractivity contribution is 0.0746. The lowest BCUT2D eigenvalue weighted by Gasteiger charge is -2.22. The standard InChI is InChI=1S/C22H20N4O3/c1-16-7-8-18(13-19(16)25-21(27)20-6-3-12-29-20)22(28)26(11-4-9-23)15-17-5-2-10-24-14-17/h2-3,5-8,10,12-14H,4,11,15H2,1H3,(H,25,27). The maximum Gasteiger partial charge on any atom is 0.291 e. The zero-order valence-corrected chi connectivity index (χ0v) is 16.0. The fourth-order valence-electron chi connectivity index (χ4n) is 2.81. The van der Waals surface area contributed by atoms with Crippen molar-refractivity contribution in [3.63, 3.8) is 0 Å². The first-order valence-corrected chi connectivity index (χ1v) is 9.09. The molecular weight excluding hydrogens is 368 g/mol. The van der Waals surface area contributed by atoms with Crippen LogP contribution >= 0.6 is 0 Å². The number of carbonyl (C=O) groups is 2. The molecule has 2 amide bonds. The fourth-order valence-corrected chi connectivity index (χ4v) is 2.81. The van der Waals surface area contributed by atoms with Crippen LogP contribution in [-0.2, 0) is 6.54 Å². The summed E-state index contributed by atoms with van der Waals surface area (Å²) in [7, 11) is 0. The van der Waals surface area contributed by atoms with Crippen LogP contribution in [0.4, 0.5) is 5.69 Å². The van der Waals surface area contributed by atoms with Crippen molar-refractivity contribution in [1.82, 2.24) is 9.88 Å². The minimum Gasteiger partial charge on any atom is -0.459 e. The van der Waals surface area contributed by atoms with Crippen molar-refractivity contribution >= 4 is 17.5 Å². The molecule has 0 saturated heterocycles. The van der Waals surface area contributed by atoms with Gasteiger partial charge in [-0.05, 0) is 48.4 Å². The number of furan rings is 1. The number of anilines is 1. The summed E-state index contributed by atoms with van der Waals surface area (Å²) < 4.78 is 5.11. The molecule has 0 radical (unpaired) electrons. The summed E-state index contributed by atoms with van der Waals surface area (Å²) in [6, 6.07) is 14.1. The summed E-state index contributed by atoms with van der Waals surface area (Å²) in [5.41, 5.74) is 2.64. The topological polar surface area (TPSA) is 99.2 Å². The summed E-state index contributed by atoms with van der Waals surface area (Å²) in [4.78, 5) is 31.1. The summed E-state index contributed by atoms with van der Waals surface area (Å²) in [6.07, 6.45) is 5.00. The largest absolute Gasteiger partial charge is 0.459 e. The molecule has 7 nitrogen and oxygen atoms in total. The minimum atomic E-state index is -0.389. The Labute approximate surface area is 168 Å². The summed E-state index contributed by atoms with van der Waals surface area (Å²) in [5.74, 6) is -0.426. The molecule has 7 heteroatoms. The SMILES string of the molecule is Cc1ccc(C(=O)N(CCC#N)Cc2cccnc2)cc1NC(=O)c1ccco1. The molecule has 3 rings (SSSR count). The zero-order chi connectivity index (χ0) is 20.6. The van der Waals surface area contributed by atoms with Crippen molar-refractivity contribution in [1.29, 1.82) is 5.26 Å². The number of hydrogen-bond donors (Lipinski definition) is 1. The predicted octanol–water partition coefficient (Wildman–Crippen LogP) is 3.79. The number of hydrogen-bond acceptors (Lipinski definition) is 5. The third kappa shape index (κ3) is 5.08. The van der Waals surface area contributed by atoms with Gasteiger partial charge in [-0.1, -0.05) is 12.1 Å². The maximum atomic E-state index is 13.1. The number of nitrogens with zero attached hydrogens (tertiary/aromatic N) is 3. The van der Waals surface area contributed by atoms with Crippen molar-refractivity contribution in [2.45, 2.75) is 19.9 Å². The minimum absolute atomic E-state index is 0.188. The highest BCUT2D eigenvalue weighted by atomic mass is 16.3. The van der Waals surface area contributed by atoms with Crippen LogP contribution < -0.4 is 5.32 Å². The van der Waals surface area contributed by atoms with Gasteiger partial charge in [0.1, 0.15) is 0 Å². The Kier molecular flexibility index (Phi) is 6.38. The molecule has 1 N–H and O–H groups in total. The molecule has 2 heterocycles. The van der Waals surface area contributed by atoms with E-state index in [1.165, 1.54) is 6.26 Å². The first-order chi connectivity index (χ1) is 14.1. The number of amides is 2. The number of nitriles is 1. The van der Waals surface area contributed by atoms with Gasteiger partial charge >= 0.3 is 0 Å². The van der Waals surface area contributed by atoms with E-state index in [-0.39, 0.29) is 24.0 Å². The van der Waals surface area contributed by atoms with Crippen molar-refractivity contribution in [3.05, 3.63) is 83.6 Å². The number of aryl methyl sites for hydroxylation is 1. The summed E-state index contributed by atoms with van der Waals surface area (Å²) in [6.45, 7) is 2.48. The number of nitrogens with one attached hydrogen (secondary N) is 1. The van der Waals surface area contributed by atoms with Crippen LogP contribution in [0.5, 0.6) is 0 Å². The quantitative estimate of drug-likeness (QED) is 0.664. The van der Waals surface area contributed by atoms with Crippen LogP contribution in [0.2, 0.25) is 0 Å². The van der Waals surface area contributed by atoms with E-state index in [2.05, 4.69) is 16.4 Å². The summed E-state index contributed by atoms with van der Waals surface area (Å²) >= 11 is 0. The monoisotopic (exact) mass is 388 g/mol. The molecule has 2 aromatic heterocycles. The van der Waals surface area contributed by atoms with E-state index in [0.29, 0.717) is 24.3 Å². The molecule has 0 atom stereocenters. The van der Waals surface area contributed by atoms with E-state index < -0.39 is 0 Å². The Balaban J connectivity index is 1.82. The van der Waals surface area contributed by atoms with E-state index in [1.54, 1.807) is 53.7 Å². The molecule has 146 valence electrons. The van der Waals surface area contributed by atoms with Gasteiger partial charge in [-0.3, -0.25) is 14.6 Å². The Bertz CT molecular complexity index is 1020. The molecule has 0 fully saturated rings. The van der Waals surface area contributed by atoms with Crippen molar-refractivity contribution in [2.75, 3.05) is 11.9 Å². The maximum absolute atomic E-state index is 13.1. The van der Waals surface area contributed by atoms with Gasteiger partial charge in [0.25, 0.3) is 11.8 Å². The average molecular weight is 388 g/mol. The van der Waals surface area contributed by atoms with E-state index in [0.717, 1.165) is 11.1 Å². The Hall–Kier alpha value is -3.92. The highest BCUT2D eigenvalue weighted by Gasteiger charge is 2.18. The molecule has 1 aromatic carbocycles. The van der Waals surface area contributed by atoms with E-state index in [1.807, 2.05) is 13.0 Å². The smallest absolute Gasteiger partial charge is 0.291 e. The van der Waals surface area contributed by atoms with Crippen LogP contribution in [0.15, 0.2) is 65.5 Å². The van der Waals surface area contributed by atoms with Crippen LogP contribution in [0, 0.1) is 18.3 Å². The van der Waals surface area contributed by atoms with Gasteiger partial charge in [0.15, 0.2) is 5.76 Å². The van der Waals surface area contributed by atoms with Crippen LogP contribution in [0.25, 0.3) is 0 Å². The number of carbonyl (C=O) groups excluding carboxylic acids is 2. The fraction of sp³-hybridized carbons (Fsp3) is 0.182. The van der Waals surface area contributed by atoms with Crippen molar-refractivity contribution < 1.29 is 14.0 Å². The molecule has 0 aliphatic carbocycles. The van der Waals surface area contributed by atoms with Gasteiger partial charge in [-0.15, -0.1) is 0 Å². The van der Waals surface area contributed by atoms with Gasteiger partial charge in [0.05, 0.1) is 18.8 Å². The molecule has 0 spiro atoms. The Morgan fingerprint density at radius 1 is 1.24 bits per heavy atom. The van der Waals surface area contributed by atoms with Crippen molar-refractivity contribution in [2.24, 2.45) is 0 Å². The number of pyridine rings is 1. The van der Waals surface area contributed by atoms with Crippen LogP contribution in [0.1, 0.15) is 38.5 Å². The second-order valence-electron chi connectivity index (χ2n) is 6.46. The van der Waals surface area contributed by atoms with Gasteiger partial charge in [-0.25, -0.2) is 0 Å². The molecule has 0 bridgehead atoms. The van der Waals surface area contributed by atoms with Gasteiger partial charge in [0.2, 0.25) is 0 Å². The Morgan fingerprint density at radius 3 is 2.79 bits per heavy atom. The van der Waals surface area contributed by atoms with E-state index in [9.17, 15) is 9.59 Å². The third-order valence-electron chi connectivity index (χ3n) is 4.35. The van der Waals surface area contributed by atoms with E-state index >= 15 is 0 Å². The van der Waals surface area contributed by atoms with Gasteiger partial charge in [0, 0.05) is 36.7 Å². The molecular formula is C22H20N4O3. The zero-order valence-electron chi connectivity index (χ0n) is 16.0. The molecule has 3 aromatic rings. The van der Waals surface area contributed by atoms with Crippen LogP contribution in [0.3, 0.4) is 0 Å². The summed E-state index contributed by atoms with van der Waals surface area (Å²) in [5, 5.41) is 11.7. The first kappa shape index (κ1) is 19.8. The lowest BCUT2D eigenvalue weighted by atomic mass is 10.1. The molecule has 29 heavy (non-hydrogen) atoms. The van der Waals surface area contributed by atoms with E-state index in [4.69, 9.17) is 9.68 Å². The first-order valence-electron chi connectivity index (χ1n) is 9.09. The molecule has 0 saturated carbocycles. The number of benzene rings is 1. The Morgan fingerprint density at radius 2 is 2.10 bits per heavy atom. The van der Waals surface area contributed by atoms with Crippen LogP contribution in [-0.4, -0.2) is 28.2 Å². The predicted molar refractivity (Wildman–Crippen MR) is 107 cm³/mol.